The smallest absolute Gasteiger partial charge is 0.0708 e. The van der Waals surface area contributed by atoms with Gasteiger partial charge in [-0.2, -0.15) is 0 Å². The Morgan fingerprint density at radius 1 is 1.75 bits per heavy atom. The summed E-state index contributed by atoms with van der Waals surface area (Å²) >= 11 is 3.87. The molecular formula is C5H5IOS. The standard InChI is InChI=1S/C5H5IOS/c6-5-4(3-7)1-2-8-5/h1-2,7H,3H2. The van der Waals surface area contributed by atoms with E-state index in [4.69, 9.17) is 5.11 Å². The van der Waals surface area contributed by atoms with Crippen LogP contribution in [0.3, 0.4) is 0 Å². The van der Waals surface area contributed by atoms with Crippen molar-refractivity contribution >= 4 is 33.9 Å². The first-order valence-corrected chi connectivity index (χ1v) is 4.13. The Balaban J connectivity index is 2.92. The van der Waals surface area contributed by atoms with Crippen LogP contribution in [0.1, 0.15) is 5.56 Å². The van der Waals surface area contributed by atoms with E-state index in [0.29, 0.717) is 0 Å². The van der Waals surface area contributed by atoms with Gasteiger partial charge in [0.15, 0.2) is 0 Å². The zero-order valence-corrected chi connectivity index (χ0v) is 7.07. The van der Waals surface area contributed by atoms with Crippen LogP contribution in [0, 0.1) is 2.88 Å². The van der Waals surface area contributed by atoms with Crippen LogP contribution < -0.4 is 0 Å². The van der Waals surface area contributed by atoms with Gasteiger partial charge < -0.3 is 5.11 Å². The van der Waals surface area contributed by atoms with Gasteiger partial charge in [0, 0.05) is 5.56 Å². The number of hydrogen-bond acceptors (Lipinski definition) is 2. The number of hydrogen-bond donors (Lipinski definition) is 1. The van der Waals surface area contributed by atoms with Crippen molar-refractivity contribution in [2.24, 2.45) is 0 Å². The van der Waals surface area contributed by atoms with Crippen molar-refractivity contribution in [1.82, 2.24) is 0 Å². The second-order valence-electron chi connectivity index (χ2n) is 1.38. The molecule has 0 spiro atoms. The summed E-state index contributed by atoms with van der Waals surface area (Å²) in [4.78, 5) is 0. The summed E-state index contributed by atoms with van der Waals surface area (Å²) in [6, 6.07) is 1.94. The fraction of sp³-hybridized carbons (Fsp3) is 0.200. The summed E-state index contributed by atoms with van der Waals surface area (Å²) in [6.45, 7) is 0.168. The number of aliphatic hydroxyl groups is 1. The molecule has 0 unspecified atom stereocenters. The Hall–Kier alpha value is 0.390. The molecule has 1 rings (SSSR count). The van der Waals surface area contributed by atoms with E-state index in [2.05, 4.69) is 22.6 Å². The first-order valence-electron chi connectivity index (χ1n) is 2.17. The molecule has 1 N–H and O–H groups in total. The minimum absolute atomic E-state index is 0.168. The second kappa shape index (κ2) is 2.80. The van der Waals surface area contributed by atoms with E-state index in [9.17, 15) is 0 Å². The van der Waals surface area contributed by atoms with E-state index < -0.39 is 0 Å². The van der Waals surface area contributed by atoms with E-state index in [1.807, 2.05) is 11.4 Å². The fourth-order valence-electron chi connectivity index (χ4n) is 0.432. The maximum absolute atomic E-state index is 8.61. The summed E-state index contributed by atoms with van der Waals surface area (Å²) in [5.41, 5.74) is 1.04. The predicted molar refractivity (Wildman–Crippen MR) is 43.0 cm³/mol. The van der Waals surface area contributed by atoms with Crippen molar-refractivity contribution in [2.45, 2.75) is 6.61 Å². The molecular weight excluding hydrogens is 235 g/mol. The molecule has 0 atom stereocenters. The highest BCUT2D eigenvalue weighted by Gasteiger charge is 1.95. The molecule has 1 aromatic heterocycles. The lowest BCUT2D eigenvalue weighted by atomic mass is 10.4. The fourth-order valence-corrected chi connectivity index (χ4v) is 1.86. The van der Waals surface area contributed by atoms with Crippen LogP contribution in [0.15, 0.2) is 11.4 Å². The number of thiophene rings is 1. The molecule has 0 aliphatic carbocycles. The number of rotatable bonds is 1. The van der Waals surface area contributed by atoms with Crippen molar-refractivity contribution in [3.05, 3.63) is 19.9 Å². The van der Waals surface area contributed by atoms with Gasteiger partial charge in [-0.15, -0.1) is 11.3 Å². The maximum atomic E-state index is 8.61. The zero-order valence-electron chi connectivity index (χ0n) is 4.10. The van der Waals surface area contributed by atoms with Crippen molar-refractivity contribution in [1.29, 1.82) is 0 Å². The first kappa shape index (κ1) is 6.51. The molecule has 44 valence electrons. The van der Waals surface area contributed by atoms with Crippen LogP contribution in [0.2, 0.25) is 0 Å². The van der Waals surface area contributed by atoms with Gasteiger partial charge in [0.2, 0.25) is 0 Å². The minimum atomic E-state index is 0.168. The van der Waals surface area contributed by atoms with Crippen molar-refractivity contribution in [2.75, 3.05) is 0 Å². The molecule has 1 heterocycles. The summed E-state index contributed by atoms with van der Waals surface area (Å²) in [6.07, 6.45) is 0. The average Bonchev–Trinajstić information content (AvgIpc) is 2.14. The quantitative estimate of drug-likeness (QED) is 0.742. The van der Waals surface area contributed by atoms with Crippen molar-refractivity contribution < 1.29 is 5.11 Å². The minimum Gasteiger partial charge on any atom is -0.392 e. The van der Waals surface area contributed by atoms with E-state index in [1.54, 1.807) is 11.3 Å². The van der Waals surface area contributed by atoms with Crippen molar-refractivity contribution in [3.8, 4) is 0 Å². The summed E-state index contributed by atoms with van der Waals surface area (Å²) < 4.78 is 1.19. The van der Waals surface area contributed by atoms with Gasteiger partial charge in [-0.25, -0.2) is 0 Å². The molecule has 0 saturated heterocycles. The monoisotopic (exact) mass is 240 g/mol. The zero-order chi connectivity index (χ0) is 5.98. The van der Waals surface area contributed by atoms with Crippen LogP contribution in [-0.2, 0) is 6.61 Å². The van der Waals surface area contributed by atoms with E-state index in [0.717, 1.165) is 5.56 Å². The van der Waals surface area contributed by atoms with Crippen LogP contribution >= 0.6 is 33.9 Å². The highest BCUT2D eigenvalue weighted by Crippen LogP contribution is 2.17. The molecule has 3 heteroatoms. The summed E-state index contributed by atoms with van der Waals surface area (Å²) in [5, 5.41) is 10.6. The SMILES string of the molecule is OCc1ccsc1I. The Morgan fingerprint density at radius 3 is 2.75 bits per heavy atom. The van der Waals surface area contributed by atoms with Crippen LogP contribution in [0.25, 0.3) is 0 Å². The Kier molecular flexibility index (Phi) is 2.27. The third kappa shape index (κ3) is 1.21. The Morgan fingerprint density at radius 2 is 2.50 bits per heavy atom. The normalized spacial score (nSPS) is 9.75. The number of aliphatic hydroxyl groups excluding tert-OH is 1. The lowest BCUT2D eigenvalue weighted by Crippen LogP contribution is -1.77. The Labute approximate surface area is 65.5 Å². The van der Waals surface area contributed by atoms with Gasteiger partial charge in [0.05, 0.1) is 9.49 Å². The molecule has 0 radical (unpaired) electrons. The van der Waals surface area contributed by atoms with Crippen LogP contribution in [-0.4, -0.2) is 5.11 Å². The third-order valence-electron chi connectivity index (χ3n) is 0.864. The topological polar surface area (TPSA) is 20.2 Å². The lowest BCUT2D eigenvalue weighted by Gasteiger charge is -1.85. The molecule has 1 nitrogen and oxygen atoms in total. The molecule has 0 aliphatic rings. The molecule has 8 heavy (non-hydrogen) atoms. The van der Waals surface area contributed by atoms with E-state index in [-0.39, 0.29) is 6.61 Å². The largest absolute Gasteiger partial charge is 0.392 e. The Bertz CT molecular complexity index is 173. The summed E-state index contributed by atoms with van der Waals surface area (Å²) in [7, 11) is 0. The van der Waals surface area contributed by atoms with E-state index in [1.165, 1.54) is 2.88 Å². The molecule has 0 aromatic carbocycles. The molecule has 0 aliphatic heterocycles. The molecule has 0 bridgehead atoms. The molecule has 0 saturated carbocycles. The van der Waals surface area contributed by atoms with Gasteiger partial charge in [-0.05, 0) is 34.0 Å². The first-order chi connectivity index (χ1) is 3.84. The maximum Gasteiger partial charge on any atom is 0.0708 e. The van der Waals surface area contributed by atoms with Crippen LogP contribution in [0.4, 0.5) is 0 Å². The lowest BCUT2D eigenvalue weighted by molar-refractivity contribution is 0.281. The van der Waals surface area contributed by atoms with Gasteiger partial charge in [0.1, 0.15) is 0 Å². The third-order valence-corrected chi connectivity index (χ3v) is 3.06. The van der Waals surface area contributed by atoms with Gasteiger partial charge in [-0.3, -0.25) is 0 Å². The van der Waals surface area contributed by atoms with Gasteiger partial charge in [-0.1, -0.05) is 0 Å². The molecule has 1 aromatic rings. The van der Waals surface area contributed by atoms with E-state index >= 15 is 0 Å². The highest BCUT2D eigenvalue weighted by molar-refractivity contribution is 14.1. The molecule has 0 fully saturated rings. The second-order valence-corrected chi connectivity index (χ2v) is 4.10. The predicted octanol–water partition coefficient (Wildman–Crippen LogP) is 1.85. The van der Waals surface area contributed by atoms with Gasteiger partial charge >= 0.3 is 0 Å². The molecule has 0 amide bonds. The average molecular weight is 240 g/mol. The van der Waals surface area contributed by atoms with Crippen LogP contribution in [0.5, 0.6) is 0 Å². The van der Waals surface area contributed by atoms with Gasteiger partial charge in [0.25, 0.3) is 0 Å². The van der Waals surface area contributed by atoms with Crippen molar-refractivity contribution in [3.63, 3.8) is 0 Å². The highest BCUT2D eigenvalue weighted by atomic mass is 127. The summed E-state index contributed by atoms with van der Waals surface area (Å²) in [5.74, 6) is 0. The number of halogens is 1.